The highest BCUT2D eigenvalue weighted by Crippen LogP contribution is 2.22. The molecule has 0 aliphatic carbocycles. The molecule has 0 aromatic heterocycles. The van der Waals surface area contributed by atoms with E-state index < -0.39 is 0 Å². The van der Waals surface area contributed by atoms with Gasteiger partial charge in [-0.05, 0) is 30.5 Å². The van der Waals surface area contributed by atoms with E-state index in [1.54, 1.807) is 0 Å². The number of quaternary nitrogens is 1. The van der Waals surface area contributed by atoms with Gasteiger partial charge in [0.2, 0.25) is 0 Å². The van der Waals surface area contributed by atoms with Gasteiger partial charge in [0.25, 0.3) is 0 Å². The van der Waals surface area contributed by atoms with Gasteiger partial charge in [-0.25, -0.2) is 0 Å². The van der Waals surface area contributed by atoms with E-state index in [1.165, 1.54) is 16.7 Å². The van der Waals surface area contributed by atoms with E-state index in [4.69, 9.17) is 4.74 Å². The molecule has 1 atom stereocenters. The van der Waals surface area contributed by atoms with Crippen LogP contribution in [0, 0.1) is 13.8 Å². The van der Waals surface area contributed by atoms with E-state index in [9.17, 15) is 0 Å². The Balaban J connectivity index is 0.00000200. The standard InChI is InChI=1S/C17H21NO.ClH/c1-13-7-6-8-14(2)17(13)19-12-16(18)11-15-9-4-3-5-10-15;/h3-10,16H,11-12,18H2,1-2H3;1H/t16-;/m1./s1. The van der Waals surface area contributed by atoms with Crippen LogP contribution in [-0.4, -0.2) is 12.6 Å². The van der Waals surface area contributed by atoms with Gasteiger partial charge in [-0.2, -0.15) is 0 Å². The highest BCUT2D eigenvalue weighted by molar-refractivity contribution is 5.39. The Morgan fingerprint density at radius 1 is 0.950 bits per heavy atom. The molecule has 0 spiro atoms. The van der Waals surface area contributed by atoms with Crippen LogP contribution in [0.3, 0.4) is 0 Å². The Bertz CT molecular complexity index is 508. The average Bonchev–Trinajstić information content (AvgIpc) is 2.39. The lowest BCUT2D eigenvalue weighted by Gasteiger charge is -2.14. The summed E-state index contributed by atoms with van der Waals surface area (Å²) in [5, 5.41) is 0. The SMILES string of the molecule is Cc1cccc(C)c1OC[C@H]([NH3+])Cc1ccccc1.[Cl-]. The van der Waals surface area contributed by atoms with Crippen molar-refractivity contribution >= 4 is 0 Å². The van der Waals surface area contributed by atoms with Crippen molar-refractivity contribution in [3.63, 3.8) is 0 Å². The van der Waals surface area contributed by atoms with Crippen LogP contribution in [-0.2, 0) is 6.42 Å². The van der Waals surface area contributed by atoms with Crippen LogP contribution in [0.4, 0.5) is 0 Å². The Kier molecular flexibility index (Phi) is 6.56. The van der Waals surface area contributed by atoms with Crippen LogP contribution in [0.2, 0.25) is 0 Å². The zero-order valence-corrected chi connectivity index (χ0v) is 12.9. The Morgan fingerprint density at radius 2 is 1.55 bits per heavy atom. The highest BCUT2D eigenvalue weighted by atomic mass is 35.5. The van der Waals surface area contributed by atoms with Gasteiger partial charge in [-0.15, -0.1) is 0 Å². The van der Waals surface area contributed by atoms with E-state index in [0.717, 1.165) is 12.2 Å². The van der Waals surface area contributed by atoms with Crippen LogP contribution in [0.1, 0.15) is 16.7 Å². The summed E-state index contributed by atoms with van der Waals surface area (Å²) in [6.07, 6.45) is 0.950. The van der Waals surface area contributed by atoms with Gasteiger partial charge < -0.3 is 22.9 Å². The van der Waals surface area contributed by atoms with Crippen LogP contribution in [0.25, 0.3) is 0 Å². The summed E-state index contributed by atoms with van der Waals surface area (Å²) in [4.78, 5) is 0. The molecule has 0 saturated heterocycles. The van der Waals surface area contributed by atoms with E-state index >= 15 is 0 Å². The smallest absolute Gasteiger partial charge is 0.140 e. The van der Waals surface area contributed by atoms with E-state index in [0.29, 0.717) is 6.61 Å². The third-order valence-corrected chi connectivity index (χ3v) is 3.24. The summed E-state index contributed by atoms with van der Waals surface area (Å²) in [5.74, 6) is 1.00. The molecule has 2 rings (SSSR count). The molecule has 0 aliphatic heterocycles. The molecule has 0 amide bonds. The van der Waals surface area contributed by atoms with Gasteiger partial charge >= 0.3 is 0 Å². The molecule has 0 saturated carbocycles. The van der Waals surface area contributed by atoms with Gasteiger partial charge in [0.15, 0.2) is 0 Å². The minimum absolute atomic E-state index is 0. The molecule has 0 heterocycles. The fourth-order valence-corrected chi connectivity index (χ4v) is 2.23. The fraction of sp³-hybridized carbons (Fsp3) is 0.294. The van der Waals surface area contributed by atoms with Crippen molar-refractivity contribution in [2.24, 2.45) is 0 Å². The van der Waals surface area contributed by atoms with Gasteiger partial charge in [0.05, 0.1) is 0 Å². The summed E-state index contributed by atoms with van der Waals surface area (Å²) in [6, 6.07) is 16.9. The molecule has 3 heteroatoms. The molecule has 2 nitrogen and oxygen atoms in total. The van der Waals surface area contributed by atoms with Crippen LogP contribution in [0.15, 0.2) is 48.5 Å². The van der Waals surface area contributed by atoms with Crippen molar-refractivity contribution in [3.05, 3.63) is 65.2 Å². The summed E-state index contributed by atoms with van der Waals surface area (Å²) in [6.45, 7) is 4.82. The molecule has 2 aromatic rings. The second-order valence-corrected chi connectivity index (χ2v) is 5.09. The Hall–Kier alpha value is -1.51. The summed E-state index contributed by atoms with van der Waals surface area (Å²) in [5.41, 5.74) is 7.87. The quantitative estimate of drug-likeness (QED) is 0.795. The van der Waals surface area contributed by atoms with Crippen LogP contribution in [0.5, 0.6) is 5.75 Å². The summed E-state index contributed by atoms with van der Waals surface area (Å²) in [7, 11) is 0. The first-order chi connectivity index (χ1) is 9.16. The maximum absolute atomic E-state index is 5.94. The monoisotopic (exact) mass is 291 g/mol. The fourth-order valence-electron chi connectivity index (χ4n) is 2.23. The molecule has 0 unspecified atom stereocenters. The number of hydrogen-bond acceptors (Lipinski definition) is 1. The number of benzene rings is 2. The molecule has 0 bridgehead atoms. The summed E-state index contributed by atoms with van der Waals surface area (Å²) < 4.78 is 5.94. The number of halogens is 1. The van der Waals surface area contributed by atoms with Crippen molar-refractivity contribution in [2.45, 2.75) is 26.3 Å². The second-order valence-electron chi connectivity index (χ2n) is 5.09. The largest absolute Gasteiger partial charge is 1.00 e. The van der Waals surface area contributed by atoms with E-state index in [-0.39, 0.29) is 18.4 Å². The minimum atomic E-state index is 0. The van der Waals surface area contributed by atoms with E-state index in [2.05, 4.69) is 62.0 Å². The molecular weight excluding hydrogens is 270 g/mol. The molecule has 0 aliphatic rings. The third kappa shape index (κ3) is 4.55. The van der Waals surface area contributed by atoms with Gasteiger partial charge in [0, 0.05) is 6.42 Å². The van der Waals surface area contributed by atoms with E-state index in [1.807, 2.05) is 6.07 Å². The second kappa shape index (κ2) is 7.93. The lowest BCUT2D eigenvalue weighted by molar-refractivity contribution is -0.423. The number of ether oxygens (including phenoxy) is 1. The molecule has 20 heavy (non-hydrogen) atoms. The van der Waals surface area contributed by atoms with Crippen molar-refractivity contribution in [3.8, 4) is 5.75 Å². The molecule has 0 radical (unpaired) electrons. The molecular formula is C17H22ClNO. The van der Waals surface area contributed by atoms with Crippen molar-refractivity contribution in [1.29, 1.82) is 0 Å². The number of hydrogen-bond donors (Lipinski definition) is 1. The lowest BCUT2D eigenvalue weighted by Crippen LogP contribution is -3.00. The van der Waals surface area contributed by atoms with Crippen LogP contribution >= 0.6 is 0 Å². The number of rotatable bonds is 5. The first kappa shape index (κ1) is 16.5. The maximum atomic E-state index is 5.94. The first-order valence-corrected chi connectivity index (χ1v) is 6.73. The first-order valence-electron chi connectivity index (χ1n) is 6.73. The predicted molar refractivity (Wildman–Crippen MR) is 78.2 cm³/mol. The predicted octanol–water partition coefficient (Wildman–Crippen LogP) is -0.461. The van der Waals surface area contributed by atoms with Gasteiger partial charge in [-0.3, -0.25) is 0 Å². The Labute approximate surface area is 127 Å². The zero-order chi connectivity index (χ0) is 13.7. The van der Waals surface area contributed by atoms with Crippen molar-refractivity contribution in [2.75, 3.05) is 6.61 Å². The average molecular weight is 292 g/mol. The molecule has 108 valence electrons. The molecule has 3 N–H and O–H groups in total. The zero-order valence-electron chi connectivity index (χ0n) is 12.1. The number of aryl methyl sites for hydroxylation is 2. The maximum Gasteiger partial charge on any atom is 0.140 e. The molecule has 2 aromatic carbocycles. The minimum Gasteiger partial charge on any atom is -1.00 e. The van der Waals surface area contributed by atoms with Gasteiger partial charge in [-0.1, -0.05) is 48.5 Å². The van der Waals surface area contributed by atoms with Crippen LogP contribution < -0.4 is 22.9 Å². The molecule has 0 fully saturated rings. The highest BCUT2D eigenvalue weighted by Gasteiger charge is 2.10. The number of para-hydroxylation sites is 1. The van der Waals surface area contributed by atoms with Crippen molar-refractivity contribution in [1.82, 2.24) is 0 Å². The van der Waals surface area contributed by atoms with Crippen molar-refractivity contribution < 1.29 is 22.9 Å². The Morgan fingerprint density at radius 3 is 2.15 bits per heavy atom. The third-order valence-electron chi connectivity index (χ3n) is 3.24. The topological polar surface area (TPSA) is 36.9 Å². The lowest BCUT2D eigenvalue weighted by atomic mass is 10.1. The van der Waals surface area contributed by atoms with Gasteiger partial charge in [0.1, 0.15) is 18.4 Å². The normalized spacial score (nSPS) is 11.6. The summed E-state index contributed by atoms with van der Waals surface area (Å²) >= 11 is 0.